The van der Waals surface area contributed by atoms with Crippen molar-refractivity contribution in [1.82, 2.24) is 10.2 Å². The van der Waals surface area contributed by atoms with E-state index in [1.165, 1.54) is 25.9 Å². The number of hydrogen-bond acceptors (Lipinski definition) is 3. The van der Waals surface area contributed by atoms with Gasteiger partial charge in [-0.3, -0.25) is 4.90 Å². The maximum absolute atomic E-state index is 5.78. The molecule has 3 nitrogen and oxygen atoms in total. The average Bonchev–Trinajstić information content (AvgIpc) is 2.47. The van der Waals surface area contributed by atoms with Gasteiger partial charge in [-0.25, -0.2) is 0 Å². The quantitative estimate of drug-likeness (QED) is 0.829. The Kier molecular flexibility index (Phi) is 6.34. The summed E-state index contributed by atoms with van der Waals surface area (Å²) in [4.78, 5) is 2.53. The lowest BCUT2D eigenvalue weighted by atomic mass is 9.94. The lowest BCUT2D eigenvalue weighted by Gasteiger charge is -2.37. The Morgan fingerprint density at radius 2 is 2.10 bits per heavy atom. The normalized spacial score (nSPS) is 23.7. The lowest BCUT2D eigenvalue weighted by Crippen LogP contribution is -2.49. The summed E-state index contributed by atoms with van der Waals surface area (Å²) in [5, 5.41) is 3.67. The highest BCUT2D eigenvalue weighted by molar-refractivity contribution is 5.20. The molecule has 2 rings (SSSR count). The molecule has 0 aromatic heterocycles. The smallest absolute Gasteiger partial charge is 0.119 e. The first-order valence-electron chi connectivity index (χ1n) is 7.93. The summed E-state index contributed by atoms with van der Waals surface area (Å²) in [5.41, 5.74) is 0. The fraction of sp³-hybridized carbons (Fsp3) is 0.647. The van der Waals surface area contributed by atoms with Crippen LogP contribution in [-0.2, 0) is 0 Å². The summed E-state index contributed by atoms with van der Waals surface area (Å²) in [7, 11) is 0. The van der Waals surface area contributed by atoms with E-state index in [1.54, 1.807) is 0 Å². The Balaban J connectivity index is 1.66. The third-order valence-corrected chi connectivity index (χ3v) is 4.07. The van der Waals surface area contributed by atoms with Gasteiger partial charge in [-0.15, -0.1) is 0 Å². The predicted molar refractivity (Wildman–Crippen MR) is 84.2 cm³/mol. The van der Waals surface area contributed by atoms with Crippen LogP contribution in [0.4, 0.5) is 0 Å². The van der Waals surface area contributed by atoms with E-state index in [0.29, 0.717) is 6.04 Å². The molecule has 2 unspecified atom stereocenters. The molecule has 0 bridgehead atoms. The van der Waals surface area contributed by atoms with E-state index < -0.39 is 0 Å². The van der Waals surface area contributed by atoms with Gasteiger partial charge in [-0.1, -0.05) is 32.0 Å². The number of piperidine rings is 1. The van der Waals surface area contributed by atoms with E-state index in [-0.39, 0.29) is 0 Å². The van der Waals surface area contributed by atoms with E-state index in [1.807, 2.05) is 30.3 Å². The van der Waals surface area contributed by atoms with Crippen molar-refractivity contribution in [2.24, 2.45) is 5.92 Å². The summed E-state index contributed by atoms with van der Waals surface area (Å²) in [5.74, 6) is 1.70. The number of hydrogen-bond donors (Lipinski definition) is 1. The zero-order valence-corrected chi connectivity index (χ0v) is 12.8. The first-order chi connectivity index (χ1) is 9.79. The molecule has 20 heavy (non-hydrogen) atoms. The van der Waals surface area contributed by atoms with Crippen LogP contribution in [-0.4, -0.2) is 43.7 Å². The van der Waals surface area contributed by atoms with Gasteiger partial charge >= 0.3 is 0 Å². The summed E-state index contributed by atoms with van der Waals surface area (Å²) < 4.78 is 5.78. The molecule has 1 aromatic rings. The Morgan fingerprint density at radius 3 is 2.80 bits per heavy atom. The highest BCUT2D eigenvalue weighted by Crippen LogP contribution is 2.17. The molecular formula is C17H28N2O. The molecule has 1 aromatic carbocycles. The molecule has 0 aliphatic carbocycles. The molecular weight excluding hydrogens is 248 g/mol. The van der Waals surface area contributed by atoms with Gasteiger partial charge in [0.1, 0.15) is 12.4 Å². The van der Waals surface area contributed by atoms with Crippen LogP contribution in [0.5, 0.6) is 5.75 Å². The molecule has 1 saturated heterocycles. The molecule has 1 heterocycles. The maximum Gasteiger partial charge on any atom is 0.119 e. The molecule has 112 valence electrons. The zero-order valence-electron chi connectivity index (χ0n) is 12.8. The molecule has 1 N–H and O–H groups in total. The second-order valence-electron chi connectivity index (χ2n) is 5.79. The minimum atomic E-state index is 0.696. The molecule has 1 aliphatic heterocycles. The summed E-state index contributed by atoms with van der Waals surface area (Å²) in [6.07, 6.45) is 2.48. The first-order valence-corrected chi connectivity index (χ1v) is 7.93. The van der Waals surface area contributed by atoms with Gasteiger partial charge in [0.2, 0.25) is 0 Å². The zero-order chi connectivity index (χ0) is 14.2. The van der Waals surface area contributed by atoms with Crippen molar-refractivity contribution >= 4 is 0 Å². The molecule has 2 atom stereocenters. The summed E-state index contributed by atoms with van der Waals surface area (Å²) in [6, 6.07) is 10.8. The number of nitrogens with one attached hydrogen (secondary N) is 1. The number of nitrogens with zero attached hydrogens (tertiary/aromatic N) is 1. The predicted octanol–water partition coefficient (Wildman–Crippen LogP) is 2.78. The van der Waals surface area contributed by atoms with Crippen molar-refractivity contribution in [3.8, 4) is 5.75 Å². The fourth-order valence-electron chi connectivity index (χ4n) is 2.88. The van der Waals surface area contributed by atoms with Gasteiger partial charge in [0, 0.05) is 19.1 Å². The van der Waals surface area contributed by atoms with Gasteiger partial charge in [0.25, 0.3) is 0 Å². The van der Waals surface area contributed by atoms with Gasteiger partial charge < -0.3 is 10.1 Å². The van der Waals surface area contributed by atoms with Gasteiger partial charge in [-0.05, 0) is 44.0 Å². The first kappa shape index (κ1) is 15.3. The topological polar surface area (TPSA) is 24.5 Å². The molecule has 1 aliphatic rings. The highest BCUT2D eigenvalue weighted by atomic mass is 16.5. The highest BCUT2D eigenvalue weighted by Gasteiger charge is 2.24. The van der Waals surface area contributed by atoms with Crippen LogP contribution in [0.25, 0.3) is 0 Å². The molecule has 0 saturated carbocycles. The van der Waals surface area contributed by atoms with E-state index >= 15 is 0 Å². The number of benzene rings is 1. The molecule has 0 amide bonds. The number of likely N-dealkylation sites (tertiary alicyclic amines) is 1. The van der Waals surface area contributed by atoms with Crippen LogP contribution >= 0.6 is 0 Å². The fourth-order valence-corrected chi connectivity index (χ4v) is 2.88. The van der Waals surface area contributed by atoms with Crippen molar-refractivity contribution in [3.63, 3.8) is 0 Å². The van der Waals surface area contributed by atoms with Crippen molar-refractivity contribution in [2.75, 3.05) is 32.8 Å². The molecule has 0 radical (unpaired) electrons. The number of para-hydroxylation sites is 1. The van der Waals surface area contributed by atoms with Crippen LogP contribution in [0.3, 0.4) is 0 Å². The Morgan fingerprint density at radius 1 is 1.30 bits per heavy atom. The van der Waals surface area contributed by atoms with E-state index in [9.17, 15) is 0 Å². The van der Waals surface area contributed by atoms with Crippen molar-refractivity contribution in [3.05, 3.63) is 30.3 Å². The third kappa shape index (κ3) is 4.80. The molecule has 0 spiro atoms. The average molecular weight is 276 g/mol. The third-order valence-electron chi connectivity index (χ3n) is 4.07. The second kappa shape index (κ2) is 8.28. The Labute approximate surface area is 123 Å². The van der Waals surface area contributed by atoms with Crippen molar-refractivity contribution in [1.29, 1.82) is 0 Å². The van der Waals surface area contributed by atoms with E-state index in [2.05, 4.69) is 24.1 Å². The number of rotatable bonds is 7. The molecule has 3 heteroatoms. The van der Waals surface area contributed by atoms with Crippen LogP contribution in [0.2, 0.25) is 0 Å². The second-order valence-corrected chi connectivity index (χ2v) is 5.79. The number of ether oxygens (including phenoxy) is 1. The monoisotopic (exact) mass is 276 g/mol. The van der Waals surface area contributed by atoms with Crippen LogP contribution in [0.15, 0.2) is 30.3 Å². The van der Waals surface area contributed by atoms with E-state index in [0.717, 1.165) is 31.4 Å². The largest absolute Gasteiger partial charge is 0.492 e. The maximum atomic E-state index is 5.78. The van der Waals surface area contributed by atoms with Gasteiger partial charge in [-0.2, -0.15) is 0 Å². The van der Waals surface area contributed by atoms with Crippen molar-refractivity contribution < 1.29 is 4.74 Å². The van der Waals surface area contributed by atoms with Gasteiger partial charge in [0.15, 0.2) is 0 Å². The molecule has 1 fully saturated rings. The minimum absolute atomic E-state index is 0.696. The van der Waals surface area contributed by atoms with Crippen LogP contribution < -0.4 is 10.1 Å². The summed E-state index contributed by atoms with van der Waals surface area (Å²) in [6.45, 7) is 9.91. The van der Waals surface area contributed by atoms with E-state index in [4.69, 9.17) is 4.74 Å². The SMILES string of the molecule is CCCNC1CCN(CCOc2ccccc2)CC1C. The summed E-state index contributed by atoms with van der Waals surface area (Å²) >= 11 is 0. The van der Waals surface area contributed by atoms with Gasteiger partial charge in [0.05, 0.1) is 0 Å². The Bertz CT molecular complexity index is 369. The lowest BCUT2D eigenvalue weighted by molar-refractivity contribution is 0.127. The Hall–Kier alpha value is -1.06. The van der Waals surface area contributed by atoms with Crippen molar-refractivity contribution in [2.45, 2.75) is 32.7 Å². The van der Waals surface area contributed by atoms with Crippen LogP contribution in [0, 0.1) is 5.92 Å². The standard InChI is InChI=1S/C17H28N2O/c1-3-10-18-17-9-11-19(14-15(17)2)12-13-20-16-7-5-4-6-8-16/h4-8,15,17-18H,3,9-14H2,1-2H3. The van der Waals surface area contributed by atoms with Crippen LogP contribution in [0.1, 0.15) is 26.7 Å². The minimum Gasteiger partial charge on any atom is -0.492 e.